The van der Waals surface area contributed by atoms with Gasteiger partial charge < -0.3 is 14.8 Å². The fourth-order valence-corrected chi connectivity index (χ4v) is 2.32. The summed E-state index contributed by atoms with van der Waals surface area (Å²) in [6.07, 6.45) is 1.55. The summed E-state index contributed by atoms with van der Waals surface area (Å²) in [7, 11) is 2.80. The number of aromatic nitrogens is 2. The number of nitrogens with one attached hydrogen (secondary N) is 1. The van der Waals surface area contributed by atoms with Crippen molar-refractivity contribution in [3.05, 3.63) is 66.0 Å². The number of benzene rings is 2. The number of ether oxygens (including phenoxy) is 2. The van der Waals surface area contributed by atoms with Gasteiger partial charge in [-0.1, -0.05) is 0 Å². The van der Waals surface area contributed by atoms with Crippen LogP contribution in [0.25, 0.3) is 5.69 Å². The van der Waals surface area contributed by atoms with Gasteiger partial charge in [0.25, 0.3) is 5.91 Å². The van der Waals surface area contributed by atoms with Crippen molar-refractivity contribution in [3.8, 4) is 17.2 Å². The lowest BCUT2D eigenvalue weighted by Crippen LogP contribution is -2.14. The molecule has 1 aromatic heterocycles. The zero-order valence-electron chi connectivity index (χ0n) is 14.0. The number of hydrogen-bond donors (Lipinski definition) is 1. The molecule has 0 fully saturated rings. The molecular formula is C18H15F2N3O3. The summed E-state index contributed by atoms with van der Waals surface area (Å²) in [5, 5.41) is 6.56. The Morgan fingerprint density at radius 3 is 2.35 bits per heavy atom. The van der Waals surface area contributed by atoms with Crippen LogP contribution in [0, 0.1) is 11.6 Å². The van der Waals surface area contributed by atoms with Crippen molar-refractivity contribution in [2.24, 2.45) is 0 Å². The maximum Gasteiger partial charge on any atom is 0.276 e. The number of carbonyl (C=O) groups is 1. The molecule has 26 heavy (non-hydrogen) atoms. The lowest BCUT2D eigenvalue weighted by Gasteiger charge is -2.11. The molecule has 0 aliphatic heterocycles. The second-order valence-electron chi connectivity index (χ2n) is 5.26. The first kappa shape index (κ1) is 17.4. The summed E-state index contributed by atoms with van der Waals surface area (Å²) < 4.78 is 38.6. The number of nitrogens with zero attached hydrogens (tertiary/aromatic N) is 2. The largest absolute Gasteiger partial charge is 0.493 e. The van der Waals surface area contributed by atoms with Gasteiger partial charge >= 0.3 is 0 Å². The third-order valence-corrected chi connectivity index (χ3v) is 3.63. The molecule has 1 N–H and O–H groups in total. The van der Waals surface area contributed by atoms with E-state index < -0.39 is 11.7 Å². The van der Waals surface area contributed by atoms with Crippen LogP contribution >= 0.6 is 0 Å². The summed E-state index contributed by atoms with van der Waals surface area (Å²) in [6, 6.07) is 9.54. The fraction of sp³-hybridized carbons (Fsp3) is 0.111. The van der Waals surface area contributed by atoms with Gasteiger partial charge in [0.1, 0.15) is 5.82 Å². The molecular weight excluding hydrogens is 344 g/mol. The van der Waals surface area contributed by atoms with Crippen LogP contribution in [-0.2, 0) is 0 Å². The predicted octanol–water partition coefficient (Wildman–Crippen LogP) is 3.42. The van der Waals surface area contributed by atoms with Crippen molar-refractivity contribution in [1.82, 2.24) is 9.78 Å². The number of halogens is 2. The average molecular weight is 359 g/mol. The van der Waals surface area contributed by atoms with Crippen LogP contribution in [-0.4, -0.2) is 29.9 Å². The van der Waals surface area contributed by atoms with E-state index in [-0.39, 0.29) is 28.7 Å². The van der Waals surface area contributed by atoms with Gasteiger partial charge in [0.2, 0.25) is 0 Å². The van der Waals surface area contributed by atoms with Crippen LogP contribution in [0.4, 0.5) is 14.5 Å². The van der Waals surface area contributed by atoms with E-state index in [1.54, 1.807) is 6.20 Å². The summed E-state index contributed by atoms with van der Waals surface area (Å²) in [5.74, 6) is -1.15. The van der Waals surface area contributed by atoms with Crippen molar-refractivity contribution in [1.29, 1.82) is 0 Å². The van der Waals surface area contributed by atoms with Gasteiger partial charge in [0.15, 0.2) is 23.0 Å². The molecule has 8 heteroatoms. The lowest BCUT2D eigenvalue weighted by molar-refractivity contribution is 0.102. The number of methoxy groups -OCH3 is 2. The van der Waals surface area contributed by atoms with Gasteiger partial charge in [0.05, 0.1) is 25.6 Å². The minimum atomic E-state index is -0.672. The Bertz CT molecular complexity index is 939. The van der Waals surface area contributed by atoms with Crippen LogP contribution in [0.5, 0.6) is 11.5 Å². The highest BCUT2D eigenvalue weighted by atomic mass is 19.1. The minimum absolute atomic E-state index is 0.0658. The van der Waals surface area contributed by atoms with E-state index in [0.717, 1.165) is 6.07 Å². The van der Waals surface area contributed by atoms with Crippen molar-refractivity contribution in [2.75, 3.05) is 19.5 Å². The number of hydrogen-bond acceptors (Lipinski definition) is 4. The first-order valence-corrected chi connectivity index (χ1v) is 7.56. The Kier molecular flexibility index (Phi) is 4.83. The van der Waals surface area contributed by atoms with E-state index in [1.165, 1.54) is 55.3 Å². The molecule has 0 saturated heterocycles. The predicted molar refractivity (Wildman–Crippen MR) is 91.0 cm³/mol. The van der Waals surface area contributed by atoms with Crippen LogP contribution in [0.1, 0.15) is 10.5 Å². The number of amides is 1. The quantitative estimate of drug-likeness (QED) is 0.758. The van der Waals surface area contributed by atoms with E-state index in [1.807, 2.05) is 0 Å². The van der Waals surface area contributed by atoms with Crippen LogP contribution in [0.15, 0.2) is 48.7 Å². The Balaban J connectivity index is 1.82. The molecule has 0 spiro atoms. The monoisotopic (exact) mass is 359 g/mol. The maximum absolute atomic E-state index is 14.1. The highest BCUT2D eigenvalue weighted by Gasteiger charge is 2.16. The zero-order valence-corrected chi connectivity index (χ0v) is 14.0. The van der Waals surface area contributed by atoms with Crippen molar-refractivity contribution in [3.63, 3.8) is 0 Å². The minimum Gasteiger partial charge on any atom is -0.493 e. The molecule has 1 heterocycles. The second-order valence-corrected chi connectivity index (χ2v) is 5.26. The molecule has 1 amide bonds. The third-order valence-electron chi connectivity index (χ3n) is 3.63. The molecule has 6 nitrogen and oxygen atoms in total. The Morgan fingerprint density at radius 1 is 1.04 bits per heavy atom. The first-order chi connectivity index (χ1) is 12.5. The highest BCUT2D eigenvalue weighted by molar-refractivity contribution is 6.03. The molecule has 0 bridgehead atoms. The molecule has 134 valence electrons. The molecule has 0 radical (unpaired) electrons. The van der Waals surface area contributed by atoms with Gasteiger partial charge in [-0.25, -0.2) is 13.5 Å². The normalized spacial score (nSPS) is 10.5. The molecule has 0 aliphatic rings. The molecule has 0 atom stereocenters. The molecule has 0 aliphatic carbocycles. The summed E-state index contributed by atoms with van der Waals surface area (Å²) in [4.78, 5) is 12.3. The average Bonchev–Trinajstić information content (AvgIpc) is 3.13. The molecule has 0 saturated carbocycles. The zero-order chi connectivity index (χ0) is 18.7. The smallest absolute Gasteiger partial charge is 0.276 e. The maximum atomic E-state index is 14.1. The van der Waals surface area contributed by atoms with Crippen molar-refractivity contribution < 1.29 is 23.0 Å². The first-order valence-electron chi connectivity index (χ1n) is 7.56. The Hall–Kier alpha value is -3.42. The molecule has 3 rings (SSSR count). The van der Waals surface area contributed by atoms with E-state index in [9.17, 15) is 13.6 Å². The molecule has 3 aromatic rings. The van der Waals surface area contributed by atoms with Gasteiger partial charge in [-0.05, 0) is 30.3 Å². The standard InChI is InChI=1S/C18H15F2N3O3/c1-25-16-9-13(20)15(10-17(16)26-2)21-18(24)14-7-8-23(22-14)12-5-3-11(19)4-6-12/h3-10H,1-2H3,(H,21,24). The molecule has 0 unspecified atom stereocenters. The van der Waals surface area contributed by atoms with Gasteiger partial charge in [-0.3, -0.25) is 4.79 Å². The third kappa shape index (κ3) is 3.49. The van der Waals surface area contributed by atoms with Gasteiger partial charge in [-0.15, -0.1) is 0 Å². The van der Waals surface area contributed by atoms with Gasteiger partial charge in [-0.2, -0.15) is 5.10 Å². The van der Waals surface area contributed by atoms with Crippen molar-refractivity contribution >= 4 is 11.6 Å². The molecule has 2 aromatic carbocycles. The number of rotatable bonds is 5. The summed E-state index contributed by atoms with van der Waals surface area (Å²) in [5.41, 5.74) is 0.593. The van der Waals surface area contributed by atoms with Crippen LogP contribution in [0.2, 0.25) is 0 Å². The summed E-state index contributed by atoms with van der Waals surface area (Å²) in [6.45, 7) is 0. The Morgan fingerprint density at radius 2 is 1.69 bits per heavy atom. The number of anilines is 1. The van der Waals surface area contributed by atoms with Gasteiger partial charge in [0, 0.05) is 18.3 Å². The van der Waals surface area contributed by atoms with Crippen molar-refractivity contribution in [2.45, 2.75) is 0 Å². The second kappa shape index (κ2) is 7.22. The van der Waals surface area contributed by atoms with E-state index in [2.05, 4.69) is 10.4 Å². The lowest BCUT2D eigenvalue weighted by atomic mass is 10.2. The SMILES string of the molecule is COc1cc(F)c(NC(=O)c2ccn(-c3ccc(F)cc3)n2)cc1OC. The van der Waals surface area contributed by atoms with E-state index in [4.69, 9.17) is 9.47 Å². The van der Waals surface area contributed by atoms with E-state index >= 15 is 0 Å². The summed E-state index contributed by atoms with van der Waals surface area (Å²) >= 11 is 0. The van der Waals surface area contributed by atoms with E-state index in [0.29, 0.717) is 5.69 Å². The topological polar surface area (TPSA) is 65.4 Å². The van der Waals surface area contributed by atoms with Crippen LogP contribution in [0.3, 0.4) is 0 Å². The fourth-order valence-electron chi connectivity index (χ4n) is 2.32. The number of carbonyl (C=O) groups excluding carboxylic acids is 1. The highest BCUT2D eigenvalue weighted by Crippen LogP contribution is 2.32. The Labute approximate surface area is 148 Å². The van der Waals surface area contributed by atoms with Crippen LogP contribution < -0.4 is 14.8 Å².